The van der Waals surface area contributed by atoms with E-state index in [-0.39, 0.29) is 0 Å². The van der Waals surface area contributed by atoms with Gasteiger partial charge in [0.05, 0.1) is 18.8 Å². The quantitative estimate of drug-likeness (QED) is 0.714. The van der Waals surface area contributed by atoms with Gasteiger partial charge >= 0.3 is 0 Å². The number of hydrogen-bond donors (Lipinski definition) is 0. The molecule has 0 bridgehead atoms. The van der Waals surface area contributed by atoms with Crippen molar-refractivity contribution >= 4 is 0 Å². The summed E-state index contributed by atoms with van der Waals surface area (Å²) in [5.74, 6) is 0.991. The first-order chi connectivity index (χ1) is 8.65. The van der Waals surface area contributed by atoms with E-state index >= 15 is 0 Å². The summed E-state index contributed by atoms with van der Waals surface area (Å²) in [7, 11) is 0. The van der Waals surface area contributed by atoms with Crippen molar-refractivity contribution in [2.24, 2.45) is 0 Å². The van der Waals surface area contributed by atoms with E-state index in [1.54, 1.807) is 0 Å². The van der Waals surface area contributed by atoms with Gasteiger partial charge in [-0.3, -0.25) is 0 Å². The monoisotopic (exact) mass is 248 g/mol. The molecule has 0 saturated carbocycles. The zero-order valence-corrected chi connectivity index (χ0v) is 12.0. The minimum Gasteiger partial charge on any atom is -0.494 e. The molecule has 100 valence electrons. The van der Waals surface area contributed by atoms with Crippen LogP contribution in [0.1, 0.15) is 43.4 Å². The van der Waals surface area contributed by atoms with Gasteiger partial charge in [-0.15, -0.1) is 0 Å². The second kappa shape index (κ2) is 5.75. The van der Waals surface area contributed by atoms with Crippen molar-refractivity contribution in [1.29, 1.82) is 0 Å². The minimum absolute atomic E-state index is 0.500. The van der Waals surface area contributed by atoms with E-state index in [1.807, 2.05) is 6.92 Å². The van der Waals surface area contributed by atoms with Crippen LogP contribution < -0.4 is 4.74 Å². The normalized spacial score (nSPS) is 22.0. The molecular weight excluding hydrogens is 224 g/mol. The summed E-state index contributed by atoms with van der Waals surface area (Å²) >= 11 is 0. The number of epoxide rings is 1. The molecule has 1 heterocycles. The van der Waals surface area contributed by atoms with Crippen molar-refractivity contribution in [3.05, 3.63) is 28.8 Å². The summed E-state index contributed by atoms with van der Waals surface area (Å²) in [5.41, 5.74) is 4.14. The average Bonchev–Trinajstić information content (AvgIpc) is 3.07. The molecule has 0 amide bonds. The number of rotatable bonds is 6. The largest absolute Gasteiger partial charge is 0.494 e. The summed E-state index contributed by atoms with van der Waals surface area (Å²) in [4.78, 5) is 0. The Balaban J connectivity index is 1.99. The fraction of sp³-hybridized carbons (Fsp3) is 0.625. The van der Waals surface area contributed by atoms with E-state index in [4.69, 9.17) is 9.47 Å². The van der Waals surface area contributed by atoms with Gasteiger partial charge in [0.1, 0.15) is 5.75 Å². The minimum atomic E-state index is 0.500. The summed E-state index contributed by atoms with van der Waals surface area (Å²) in [6.07, 6.45) is 4.43. The van der Waals surface area contributed by atoms with E-state index in [0.717, 1.165) is 31.6 Å². The lowest BCUT2D eigenvalue weighted by Gasteiger charge is -2.12. The maximum atomic E-state index is 5.61. The zero-order chi connectivity index (χ0) is 13.1. The van der Waals surface area contributed by atoms with Crippen LogP contribution in [0.2, 0.25) is 0 Å². The van der Waals surface area contributed by atoms with Crippen molar-refractivity contribution in [1.82, 2.24) is 0 Å². The molecule has 0 N–H and O–H groups in total. The Morgan fingerprint density at radius 1 is 1.11 bits per heavy atom. The van der Waals surface area contributed by atoms with Crippen LogP contribution in [0.3, 0.4) is 0 Å². The maximum Gasteiger partial charge on any atom is 0.119 e. The molecule has 0 spiro atoms. The van der Waals surface area contributed by atoms with Crippen LogP contribution in [0.25, 0.3) is 0 Å². The van der Waals surface area contributed by atoms with Crippen molar-refractivity contribution < 1.29 is 9.47 Å². The highest BCUT2D eigenvalue weighted by atomic mass is 16.6. The number of aryl methyl sites for hydroxylation is 2. The summed E-state index contributed by atoms with van der Waals surface area (Å²) < 4.78 is 11.2. The Morgan fingerprint density at radius 2 is 1.78 bits per heavy atom. The first-order valence-electron chi connectivity index (χ1n) is 7.04. The Bertz CT molecular complexity index is 389. The van der Waals surface area contributed by atoms with E-state index in [9.17, 15) is 0 Å². The number of ether oxygens (including phenoxy) is 2. The van der Waals surface area contributed by atoms with Gasteiger partial charge in [-0.2, -0.15) is 0 Å². The third kappa shape index (κ3) is 3.05. The second-order valence-electron chi connectivity index (χ2n) is 5.13. The average molecular weight is 248 g/mol. The van der Waals surface area contributed by atoms with Gasteiger partial charge in [-0.1, -0.05) is 6.92 Å². The van der Waals surface area contributed by atoms with Crippen molar-refractivity contribution in [2.45, 2.75) is 59.2 Å². The van der Waals surface area contributed by atoms with E-state index in [2.05, 4.69) is 32.9 Å². The Hall–Kier alpha value is -1.02. The predicted molar refractivity (Wildman–Crippen MR) is 74.4 cm³/mol. The summed E-state index contributed by atoms with van der Waals surface area (Å²) in [6, 6.07) is 4.30. The van der Waals surface area contributed by atoms with Crippen LogP contribution in [0.4, 0.5) is 0 Å². The lowest BCUT2D eigenvalue weighted by atomic mass is 9.97. The first-order valence-corrected chi connectivity index (χ1v) is 7.04. The Kier molecular flexibility index (Phi) is 4.28. The van der Waals surface area contributed by atoms with E-state index in [1.165, 1.54) is 16.7 Å². The lowest BCUT2D eigenvalue weighted by Crippen LogP contribution is -2.01. The number of benzene rings is 1. The van der Waals surface area contributed by atoms with Gasteiger partial charge in [0.15, 0.2) is 0 Å². The molecule has 2 unspecified atom stereocenters. The van der Waals surface area contributed by atoms with Gasteiger partial charge in [0.2, 0.25) is 0 Å². The third-order valence-corrected chi connectivity index (χ3v) is 3.75. The molecule has 2 atom stereocenters. The number of hydrogen-bond acceptors (Lipinski definition) is 2. The maximum absolute atomic E-state index is 5.61. The van der Waals surface area contributed by atoms with Crippen LogP contribution >= 0.6 is 0 Å². The Morgan fingerprint density at radius 3 is 2.28 bits per heavy atom. The molecule has 1 aromatic carbocycles. The topological polar surface area (TPSA) is 21.8 Å². The van der Waals surface area contributed by atoms with Crippen LogP contribution in [0.5, 0.6) is 5.75 Å². The molecule has 1 saturated heterocycles. The highest BCUT2D eigenvalue weighted by molar-refractivity contribution is 5.41. The highest BCUT2D eigenvalue weighted by Gasteiger charge is 2.36. The molecule has 18 heavy (non-hydrogen) atoms. The molecule has 1 fully saturated rings. The summed E-state index contributed by atoms with van der Waals surface area (Å²) in [5, 5.41) is 0. The van der Waals surface area contributed by atoms with Crippen molar-refractivity contribution in [2.75, 3.05) is 6.61 Å². The standard InChI is InChI=1S/C16H24O2/c1-5-15-16(18-15)8-7-14-11(3)9-13(17-6-2)10-12(14)4/h9-10,15-16H,5-8H2,1-4H3. The first kappa shape index (κ1) is 13.4. The fourth-order valence-corrected chi connectivity index (χ4v) is 2.68. The predicted octanol–water partition coefficient (Wildman–Crippen LogP) is 3.81. The van der Waals surface area contributed by atoms with E-state index < -0.39 is 0 Å². The molecule has 2 nitrogen and oxygen atoms in total. The van der Waals surface area contributed by atoms with Gasteiger partial charge in [-0.25, -0.2) is 0 Å². The summed E-state index contributed by atoms with van der Waals surface area (Å²) in [6.45, 7) is 9.30. The highest BCUT2D eigenvalue weighted by Crippen LogP contribution is 2.31. The van der Waals surface area contributed by atoms with Crippen molar-refractivity contribution in [3.8, 4) is 5.75 Å². The molecule has 1 aliphatic rings. The zero-order valence-electron chi connectivity index (χ0n) is 12.0. The van der Waals surface area contributed by atoms with E-state index in [0.29, 0.717) is 12.2 Å². The Labute approximate surface area is 110 Å². The second-order valence-corrected chi connectivity index (χ2v) is 5.13. The van der Waals surface area contributed by atoms with Gasteiger partial charge < -0.3 is 9.47 Å². The molecular formula is C16H24O2. The van der Waals surface area contributed by atoms with Gasteiger partial charge in [0.25, 0.3) is 0 Å². The fourth-order valence-electron chi connectivity index (χ4n) is 2.68. The van der Waals surface area contributed by atoms with Crippen LogP contribution in [-0.2, 0) is 11.2 Å². The van der Waals surface area contributed by atoms with Gasteiger partial charge in [0, 0.05) is 0 Å². The lowest BCUT2D eigenvalue weighted by molar-refractivity contribution is 0.339. The third-order valence-electron chi connectivity index (χ3n) is 3.75. The molecule has 0 radical (unpaired) electrons. The molecule has 0 aromatic heterocycles. The molecule has 0 aliphatic carbocycles. The van der Waals surface area contributed by atoms with Crippen LogP contribution in [0, 0.1) is 13.8 Å². The van der Waals surface area contributed by atoms with Crippen LogP contribution in [0.15, 0.2) is 12.1 Å². The smallest absolute Gasteiger partial charge is 0.119 e. The van der Waals surface area contributed by atoms with Gasteiger partial charge in [-0.05, 0) is 68.9 Å². The van der Waals surface area contributed by atoms with Crippen molar-refractivity contribution in [3.63, 3.8) is 0 Å². The SMILES string of the molecule is CCOc1cc(C)c(CCC2OC2CC)c(C)c1. The van der Waals surface area contributed by atoms with Crippen LogP contribution in [-0.4, -0.2) is 18.8 Å². The molecule has 1 aromatic rings. The molecule has 1 aliphatic heterocycles. The molecule has 2 rings (SSSR count). The molecule has 2 heteroatoms.